The van der Waals surface area contributed by atoms with Gasteiger partial charge in [-0.2, -0.15) is 0 Å². The lowest BCUT2D eigenvalue weighted by Crippen LogP contribution is -2.44. The summed E-state index contributed by atoms with van der Waals surface area (Å²) in [7, 11) is 0. The van der Waals surface area contributed by atoms with E-state index in [0.717, 1.165) is 30.0 Å². The van der Waals surface area contributed by atoms with Crippen molar-refractivity contribution in [1.29, 1.82) is 0 Å². The summed E-state index contributed by atoms with van der Waals surface area (Å²) in [6.07, 6.45) is 0.311. The molecule has 3 rings (SSSR count). The zero-order valence-corrected chi connectivity index (χ0v) is 16.2. The van der Waals surface area contributed by atoms with E-state index in [-0.39, 0.29) is 17.8 Å². The van der Waals surface area contributed by atoms with Crippen molar-refractivity contribution in [3.63, 3.8) is 0 Å². The molecule has 150 valence electrons. The first-order chi connectivity index (χ1) is 13.7. The Morgan fingerprint density at radius 2 is 1.82 bits per heavy atom. The Balaban J connectivity index is 1.60. The summed E-state index contributed by atoms with van der Waals surface area (Å²) < 4.78 is 24.2. The Hall–Kier alpha value is -2.44. The van der Waals surface area contributed by atoms with Crippen LogP contribution in [0, 0.1) is 5.82 Å². The molecule has 0 saturated carbocycles. The van der Waals surface area contributed by atoms with Crippen LogP contribution in [0.1, 0.15) is 24.1 Å². The van der Waals surface area contributed by atoms with Crippen molar-refractivity contribution in [2.45, 2.75) is 19.4 Å². The molecule has 5 nitrogen and oxygen atoms in total. The van der Waals surface area contributed by atoms with Crippen LogP contribution in [0.5, 0.6) is 5.75 Å². The monoisotopic (exact) mass is 386 g/mol. The molecule has 0 bridgehead atoms. The number of nitrogens with zero attached hydrogens (tertiary/aromatic N) is 1. The van der Waals surface area contributed by atoms with Crippen LogP contribution in [-0.2, 0) is 16.0 Å². The first-order valence-electron chi connectivity index (χ1n) is 9.71. The number of halogens is 1. The van der Waals surface area contributed by atoms with Crippen LogP contribution in [0.2, 0.25) is 0 Å². The predicted octanol–water partition coefficient (Wildman–Crippen LogP) is 2.96. The highest BCUT2D eigenvalue weighted by molar-refractivity contribution is 5.78. The van der Waals surface area contributed by atoms with Gasteiger partial charge in [-0.25, -0.2) is 4.39 Å². The number of rotatable bonds is 8. The molecule has 0 radical (unpaired) electrons. The summed E-state index contributed by atoms with van der Waals surface area (Å²) in [6.45, 7) is 5.93. The molecule has 1 aliphatic heterocycles. The van der Waals surface area contributed by atoms with Gasteiger partial charge in [-0.05, 0) is 42.3 Å². The van der Waals surface area contributed by atoms with Crippen LogP contribution < -0.4 is 10.1 Å². The molecule has 1 saturated heterocycles. The fraction of sp³-hybridized carbons (Fsp3) is 0.409. The van der Waals surface area contributed by atoms with E-state index in [4.69, 9.17) is 9.47 Å². The van der Waals surface area contributed by atoms with Crippen molar-refractivity contribution in [3.8, 4) is 5.75 Å². The van der Waals surface area contributed by atoms with Crippen molar-refractivity contribution in [3.05, 3.63) is 65.5 Å². The molecule has 6 heteroatoms. The lowest BCUT2D eigenvalue weighted by molar-refractivity contribution is -0.120. The summed E-state index contributed by atoms with van der Waals surface area (Å²) in [5.74, 6) is 0.504. The van der Waals surface area contributed by atoms with Gasteiger partial charge in [0, 0.05) is 19.6 Å². The Labute approximate surface area is 165 Å². The average Bonchev–Trinajstić information content (AvgIpc) is 2.72. The van der Waals surface area contributed by atoms with Crippen molar-refractivity contribution >= 4 is 5.91 Å². The largest absolute Gasteiger partial charge is 0.494 e. The lowest BCUT2D eigenvalue weighted by atomic mass is 10.0. The van der Waals surface area contributed by atoms with E-state index in [1.54, 1.807) is 12.1 Å². The summed E-state index contributed by atoms with van der Waals surface area (Å²) in [5, 5.41) is 3.03. The second-order valence-corrected chi connectivity index (χ2v) is 6.77. The maximum Gasteiger partial charge on any atom is 0.224 e. The number of benzene rings is 2. The highest BCUT2D eigenvalue weighted by Crippen LogP contribution is 2.22. The molecule has 1 fully saturated rings. The van der Waals surface area contributed by atoms with Gasteiger partial charge < -0.3 is 14.8 Å². The van der Waals surface area contributed by atoms with Crippen molar-refractivity contribution in [1.82, 2.24) is 10.2 Å². The molecule has 28 heavy (non-hydrogen) atoms. The van der Waals surface area contributed by atoms with Crippen molar-refractivity contribution in [2.75, 3.05) is 39.5 Å². The number of carbonyl (C=O) groups is 1. The Bertz CT molecular complexity index is 743. The van der Waals surface area contributed by atoms with Crippen LogP contribution in [0.25, 0.3) is 0 Å². The van der Waals surface area contributed by atoms with Gasteiger partial charge in [0.05, 0.1) is 32.3 Å². The van der Waals surface area contributed by atoms with E-state index in [0.29, 0.717) is 32.8 Å². The minimum Gasteiger partial charge on any atom is -0.494 e. The van der Waals surface area contributed by atoms with E-state index in [1.807, 2.05) is 31.2 Å². The summed E-state index contributed by atoms with van der Waals surface area (Å²) >= 11 is 0. The summed E-state index contributed by atoms with van der Waals surface area (Å²) in [5.41, 5.74) is 1.93. The number of morpholine rings is 1. The normalized spacial score (nSPS) is 15.8. The second-order valence-electron chi connectivity index (χ2n) is 6.77. The van der Waals surface area contributed by atoms with Gasteiger partial charge in [0.25, 0.3) is 0 Å². The third-order valence-corrected chi connectivity index (χ3v) is 4.83. The Morgan fingerprint density at radius 3 is 2.46 bits per heavy atom. The highest BCUT2D eigenvalue weighted by atomic mass is 19.1. The molecule has 0 aromatic heterocycles. The van der Waals surface area contributed by atoms with Gasteiger partial charge >= 0.3 is 0 Å². The molecule has 1 amide bonds. The SMILES string of the molecule is CCOc1ccc(CC(=O)NCC(c2ccc(F)cc2)N2CCOCC2)cc1. The maximum atomic E-state index is 13.3. The molecular weight excluding hydrogens is 359 g/mol. The topological polar surface area (TPSA) is 50.8 Å². The van der Waals surface area contributed by atoms with Gasteiger partial charge in [-0.1, -0.05) is 24.3 Å². The predicted molar refractivity (Wildman–Crippen MR) is 106 cm³/mol. The van der Waals surface area contributed by atoms with E-state index in [2.05, 4.69) is 10.2 Å². The van der Waals surface area contributed by atoms with Crippen LogP contribution >= 0.6 is 0 Å². The summed E-state index contributed by atoms with van der Waals surface area (Å²) in [6, 6.07) is 14.1. The molecule has 1 unspecified atom stereocenters. The van der Waals surface area contributed by atoms with Gasteiger partial charge in [-0.15, -0.1) is 0 Å². The lowest BCUT2D eigenvalue weighted by Gasteiger charge is -2.35. The number of hydrogen-bond acceptors (Lipinski definition) is 4. The Kier molecular flexibility index (Phi) is 7.39. The fourth-order valence-corrected chi connectivity index (χ4v) is 3.36. The molecule has 2 aromatic carbocycles. The van der Waals surface area contributed by atoms with Crippen molar-refractivity contribution in [2.24, 2.45) is 0 Å². The van der Waals surface area contributed by atoms with Crippen LogP contribution in [-0.4, -0.2) is 50.3 Å². The van der Waals surface area contributed by atoms with E-state index >= 15 is 0 Å². The third-order valence-electron chi connectivity index (χ3n) is 4.83. The minimum atomic E-state index is -0.260. The number of ether oxygens (including phenoxy) is 2. The number of nitrogens with one attached hydrogen (secondary N) is 1. The molecule has 1 N–H and O–H groups in total. The minimum absolute atomic E-state index is 0.00576. The second kappa shape index (κ2) is 10.2. The van der Waals surface area contributed by atoms with E-state index < -0.39 is 0 Å². The van der Waals surface area contributed by atoms with Crippen molar-refractivity contribution < 1.29 is 18.7 Å². The van der Waals surface area contributed by atoms with Crippen LogP contribution in [0.15, 0.2) is 48.5 Å². The first-order valence-corrected chi connectivity index (χ1v) is 9.71. The molecule has 1 atom stereocenters. The molecule has 1 heterocycles. The molecule has 0 spiro atoms. The fourth-order valence-electron chi connectivity index (χ4n) is 3.36. The number of amides is 1. The van der Waals surface area contributed by atoms with E-state index in [9.17, 15) is 9.18 Å². The zero-order valence-electron chi connectivity index (χ0n) is 16.2. The van der Waals surface area contributed by atoms with Gasteiger partial charge in [0.1, 0.15) is 11.6 Å². The standard InChI is InChI=1S/C22H27FN2O3/c1-2-28-20-9-3-17(4-10-20)15-22(26)24-16-21(25-11-13-27-14-12-25)18-5-7-19(23)8-6-18/h3-10,21H,2,11-16H2,1H3,(H,24,26). The quantitative estimate of drug-likeness (QED) is 0.758. The number of carbonyl (C=O) groups excluding carboxylic acids is 1. The molecule has 1 aliphatic rings. The van der Waals surface area contributed by atoms with Gasteiger partial charge in [0.15, 0.2) is 0 Å². The van der Waals surface area contributed by atoms with Crippen LogP contribution in [0.3, 0.4) is 0 Å². The van der Waals surface area contributed by atoms with Gasteiger partial charge in [-0.3, -0.25) is 9.69 Å². The maximum absolute atomic E-state index is 13.3. The Morgan fingerprint density at radius 1 is 1.14 bits per heavy atom. The molecular formula is C22H27FN2O3. The number of hydrogen-bond donors (Lipinski definition) is 1. The highest BCUT2D eigenvalue weighted by Gasteiger charge is 2.23. The van der Waals surface area contributed by atoms with Crippen LogP contribution in [0.4, 0.5) is 4.39 Å². The summed E-state index contributed by atoms with van der Waals surface area (Å²) in [4.78, 5) is 14.7. The smallest absolute Gasteiger partial charge is 0.224 e. The third kappa shape index (κ3) is 5.78. The molecule has 0 aliphatic carbocycles. The first kappa shape index (κ1) is 20.3. The molecule has 2 aromatic rings. The van der Waals surface area contributed by atoms with E-state index in [1.165, 1.54) is 12.1 Å². The zero-order chi connectivity index (χ0) is 19.8. The average molecular weight is 386 g/mol. The van der Waals surface area contributed by atoms with Gasteiger partial charge in [0.2, 0.25) is 5.91 Å².